The molecule has 0 amide bonds. The second-order valence-electron chi connectivity index (χ2n) is 9.80. The van der Waals surface area contributed by atoms with E-state index < -0.39 is 0 Å². The van der Waals surface area contributed by atoms with Gasteiger partial charge >= 0.3 is 0 Å². The minimum Gasteiger partial charge on any atom is -0.411 e. The third-order valence-electron chi connectivity index (χ3n) is 8.70. The van der Waals surface area contributed by atoms with Crippen molar-refractivity contribution < 1.29 is 14.8 Å². The molecule has 142 valence electrons. The van der Waals surface area contributed by atoms with Crippen LogP contribution in [0.3, 0.4) is 0 Å². The van der Waals surface area contributed by atoms with Gasteiger partial charge in [-0.1, -0.05) is 19.0 Å². The van der Waals surface area contributed by atoms with E-state index in [2.05, 4.69) is 19.0 Å². The standard InChI is InChI=1S/C22H31NO3/c1-13(23-26)10-14-4-5-17-16-12-20(25)19-11-15(24)6-8-22(19,3)18(16)7-9-21(14,17)2/h11,14,16-18,26H,4-10,12H2,1-3H3/b23-13+. The van der Waals surface area contributed by atoms with Gasteiger partial charge in [-0.05, 0) is 86.0 Å². The summed E-state index contributed by atoms with van der Waals surface area (Å²) in [6.45, 7) is 6.57. The van der Waals surface area contributed by atoms with Gasteiger partial charge in [0, 0.05) is 18.4 Å². The molecule has 26 heavy (non-hydrogen) atoms. The summed E-state index contributed by atoms with van der Waals surface area (Å²) in [4.78, 5) is 24.9. The van der Waals surface area contributed by atoms with E-state index in [1.54, 1.807) is 6.08 Å². The topological polar surface area (TPSA) is 66.7 Å². The average molecular weight is 357 g/mol. The molecular formula is C22H31NO3. The Labute approximate surface area is 156 Å². The van der Waals surface area contributed by atoms with Crippen molar-refractivity contribution >= 4 is 17.3 Å². The van der Waals surface area contributed by atoms with E-state index in [9.17, 15) is 9.59 Å². The molecule has 0 saturated heterocycles. The lowest BCUT2D eigenvalue weighted by molar-refractivity contribution is -0.131. The lowest BCUT2D eigenvalue weighted by Gasteiger charge is -2.57. The van der Waals surface area contributed by atoms with Gasteiger partial charge in [-0.15, -0.1) is 0 Å². The van der Waals surface area contributed by atoms with E-state index in [4.69, 9.17) is 5.21 Å². The number of carbonyl (C=O) groups is 2. The first-order valence-corrected chi connectivity index (χ1v) is 10.3. The highest BCUT2D eigenvalue weighted by atomic mass is 16.4. The summed E-state index contributed by atoms with van der Waals surface area (Å²) < 4.78 is 0. The van der Waals surface area contributed by atoms with Crippen LogP contribution in [0.4, 0.5) is 0 Å². The van der Waals surface area contributed by atoms with Crippen LogP contribution in [0.1, 0.15) is 72.1 Å². The summed E-state index contributed by atoms with van der Waals surface area (Å²) >= 11 is 0. The minimum absolute atomic E-state index is 0.101. The highest BCUT2D eigenvalue weighted by Gasteiger charge is 2.60. The van der Waals surface area contributed by atoms with Crippen LogP contribution in [0.2, 0.25) is 0 Å². The molecule has 0 aromatic rings. The van der Waals surface area contributed by atoms with Gasteiger partial charge in [0.1, 0.15) is 0 Å². The molecular weight excluding hydrogens is 326 g/mol. The zero-order valence-electron chi connectivity index (χ0n) is 16.3. The normalized spacial score (nSPS) is 45.7. The SMILES string of the molecule is C/C(CC1CCC2C3CC(=O)C4=CC(=O)CCC4(C)C3CCC12C)=N\O. The van der Waals surface area contributed by atoms with Crippen molar-refractivity contribution in [1.82, 2.24) is 0 Å². The zero-order chi connectivity index (χ0) is 18.7. The molecule has 1 N–H and O–H groups in total. The molecule has 0 aliphatic heterocycles. The lowest BCUT2D eigenvalue weighted by Crippen LogP contribution is -2.52. The molecule has 4 rings (SSSR count). The average Bonchev–Trinajstić information content (AvgIpc) is 2.93. The third kappa shape index (κ3) is 2.44. The molecule has 0 radical (unpaired) electrons. The Balaban J connectivity index is 1.65. The first-order valence-electron chi connectivity index (χ1n) is 10.3. The highest BCUT2D eigenvalue weighted by molar-refractivity contribution is 6.05. The second-order valence-corrected chi connectivity index (χ2v) is 9.80. The fourth-order valence-electron chi connectivity index (χ4n) is 7.23. The zero-order valence-corrected chi connectivity index (χ0v) is 16.3. The number of allylic oxidation sites excluding steroid dienone is 1. The Morgan fingerprint density at radius 3 is 2.69 bits per heavy atom. The third-order valence-corrected chi connectivity index (χ3v) is 8.70. The fourth-order valence-corrected chi connectivity index (χ4v) is 7.23. The largest absolute Gasteiger partial charge is 0.411 e. The van der Waals surface area contributed by atoms with E-state index in [-0.39, 0.29) is 22.4 Å². The maximum atomic E-state index is 13.0. The van der Waals surface area contributed by atoms with E-state index >= 15 is 0 Å². The number of ketones is 2. The van der Waals surface area contributed by atoms with Crippen LogP contribution in [-0.2, 0) is 9.59 Å². The molecule has 3 saturated carbocycles. The molecule has 3 fully saturated rings. The van der Waals surface area contributed by atoms with Gasteiger partial charge in [-0.2, -0.15) is 0 Å². The van der Waals surface area contributed by atoms with Crippen molar-refractivity contribution in [3.8, 4) is 0 Å². The summed E-state index contributed by atoms with van der Waals surface area (Å²) in [5.74, 6) is 2.47. The molecule has 0 aromatic carbocycles. The molecule has 0 spiro atoms. The van der Waals surface area contributed by atoms with Crippen LogP contribution in [0.25, 0.3) is 0 Å². The maximum Gasteiger partial charge on any atom is 0.159 e. The molecule has 4 heteroatoms. The monoisotopic (exact) mass is 357 g/mol. The van der Waals surface area contributed by atoms with Gasteiger partial charge < -0.3 is 5.21 Å². The molecule has 0 bridgehead atoms. The molecule has 6 unspecified atom stereocenters. The van der Waals surface area contributed by atoms with Crippen LogP contribution >= 0.6 is 0 Å². The predicted octanol–water partition coefficient (Wildman–Crippen LogP) is 4.55. The second kappa shape index (κ2) is 6.03. The highest BCUT2D eigenvalue weighted by Crippen LogP contribution is 2.66. The summed E-state index contributed by atoms with van der Waals surface area (Å²) in [7, 11) is 0. The molecule has 4 aliphatic rings. The van der Waals surface area contributed by atoms with Crippen LogP contribution in [0, 0.1) is 34.5 Å². The van der Waals surface area contributed by atoms with Crippen LogP contribution < -0.4 is 0 Å². The van der Waals surface area contributed by atoms with E-state index in [0.29, 0.717) is 36.5 Å². The van der Waals surface area contributed by atoms with Crippen LogP contribution in [0.15, 0.2) is 16.8 Å². The summed E-state index contributed by atoms with van der Waals surface area (Å²) in [5.41, 5.74) is 1.80. The maximum absolute atomic E-state index is 13.0. The van der Waals surface area contributed by atoms with Gasteiger partial charge in [-0.3, -0.25) is 9.59 Å². The van der Waals surface area contributed by atoms with E-state index in [1.807, 2.05) is 6.92 Å². The smallest absolute Gasteiger partial charge is 0.159 e. The number of oxime groups is 1. The van der Waals surface area contributed by atoms with E-state index in [0.717, 1.165) is 30.5 Å². The molecule has 6 atom stereocenters. The van der Waals surface area contributed by atoms with Gasteiger partial charge in [0.25, 0.3) is 0 Å². The number of hydrogen-bond acceptors (Lipinski definition) is 4. The van der Waals surface area contributed by atoms with Gasteiger partial charge in [-0.25, -0.2) is 0 Å². The summed E-state index contributed by atoms with van der Waals surface area (Å²) in [5, 5.41) is 12.5. The molecule has 0 heterocycles. The van der Waals surface area contributed by atoms with Crippen molar-refractivity contribution in [3.05, 3.63) is 11.6 Å². The van der Waals surface area contributed by atoms with Crippen LogP contribution in [-0.4, -0.2) is 22.5 Å². The number of Topliss-reactive ketones (excluding diaryl/α,β-unsaturated/α-hetero) is 1. The predicted molar refractivity (Wildman–Crippen MR) is 100 cm³/mol. The number of nitrogens with zero attached hydrogens (tertiary/aromatic N) is 1. The van der Waals surface area contributed by atoms with E-state index in [1.165, 1.54) is 19.3 Å². The molecule has 4 aliphatic carbocycles. The Bertz CT molecular complexity index is 708. The van der Waals surface area contributed by atoms with Crippen molar-refractivity contribution in [3.63, 3.8) is 0 Å². The fraction of sp³-hybridized carbons (Fsp3) is 0.773. The first kappa shape index (κ1) is 17.9. The summed E-state index contributed by atoms with van der Waals surface area (Å²) in [6, 6.07) is 0. The number of hydrogen-bond donors (Lipinski definition) is 1. The van der Waals surface area contributed by atoms with Crippen molar-refractivity contribution in [1.29, 1.82) is 0 Å². The number of rotatable bonds is 2. The quantitative estimate of drug-likeness (QED) is 0.448. The summed E-state index contributed by atoms with van der Waals surface area (Å²) in [6.07, 6.45) is 9.29. The Morgan fingerprint density at radius 2 is 1.96 bits per heavy atom. The van der Waals surface area contributed by atoms with Gasteiger partial charge in [0.15, 0.2) is 11.6 Å². The van der Waals surface area contributed by atoms with Gasteiger partial charge in [0.05, 0.1) is 5.71 Å². The molecule has 0 aromatic heterocycles. The first-order chi connectivity index (χ1) is 12.3. The Hall–Kier alpha value is -1.45. The number of fused-ring (bicyclic) bond motifs is 5. The minimum atomic E-state index is -0.101. The van der Waals surface area contributed by atoms with Crippen molar-refractivity contribution in [2.24, 2.45) is 39.7 Å². The van der Waals surface area contributed by atoms with Gasteiger partial charge in [0.2, 0.25) is 0 Å². The van der Waals surface area contributed by atoms with Crippen molar-refractivity contribution in [2.45, 2.75) is 72.1 Å². The number of carbonyl (C=O) groups excluding carboxylic acids is 2. The molecule has 4 nitrogen and oxygen atoms in total. The Kier molecular flexibility index (Phi) is 4.16. The Morgan fingerprint density at radius 1 is 1.19 bits per heavy atom. The van der Waals surface area contributed by atoms with Crippen LogP contribution in [0.5, 0.6) is 0 Å². The van der Waals surface area contributed by atoms with Crippen molar-refractivity contribution in [2.75, 3.05) is 0 Å². The lowest BCUT2D eigenvalue weighted by atomic mass is 9.46.